The molecule has 0 radical (unpaired) electrons. The molecule has 0 spiro atoms. The van der Waals surface area contributed by atoms with E-state index < -0.39 is 0 Å². The molecule has 1 aliphatic carbocycles. The van der Waals surface area contributed by atoms with Gasteiger partial charge in [-0.05, 0) is 36.0 Å². The molecule has 2 aliphatic rings. The molecular formula is C28H29N3O2S2. The van der Waals surface area contributed by atoms with Gasteiger partial charge in [0.1, 0.15) is 4.83 Å². The minimum absolute atomic E-state index is 0.107. The van der Waals surface area contributed by atoms with Crippen molar-refractivity contribution in [1.82, 2.24) is 14.5 Å². The third-order valence-corrected chi connectivity index (χ3v) is 9.14. The fraction of sp³-hybridized carbons (Fsp3) is 0.357. The van der Waals surface area contributed by atoms with E-state index in [2.05, 4.69) is 47.4 Å². The quantitative estimate of drug-likeness (QED) is 0.263. The molecule has 3 heterocycles. The minimum atomic E-state index is 0.107. The second-order valence-electron chi connectivity index (χ2n) is 9.33. The van der Waals surface area contributed by atoms with Crippen molar-refractivity contribution in [3.63, 3.8) is 0 Å². The molecule has 0 N–H and O–H groups in total. The van der Waals surface area contributed by atoms with Gasteiger partial charge in [-0.1, -0.05) is 72.4 Å². The number of thiophene rings is 1. The SMILES string of the molecule is O=c1c2c3c(sc2nc(SC[C@H]2CN(Cc4ccccc4)CCO2)n1Cc1ccccc1)CCC3. The first-order chi connectivity index (χ1) is 17.2. The Balaban J connectivity index is 1.24. The van der Waals surface area contributed by atoms with Crippen molar-refractivity contribution in [2.75, 3.05) is 25.4 Å². The summed E-state index contributed by atoms with van der Waals surface area (Å²) in [5.41, 5.74) is 3.80. The van der Waals surface area contributed by atoms with Crippen LogP contribution in [0, 0.1) is 0 Å². The highest BCUT2D eigenvalue weighted by molar-refractivity contribution is 7.99. The van der Waals surface area contributed by atoms with E-state index in [1.165, 1.54) is 16.0 Å². The Morgan fingerprint density at radius 1 is 1.00 bits per heavy atom. The molecule has 0 bridgehead atoms. The molecule has 1 aliphatic heterocycles. The summed E-state index contributed by atoms with van der Waals surface area (Å²) in [7, 11) is 0. The number of thioether (sulfide) groups is 1. The number of hydrogen-bond acceptors (Lipinski definition) is 6. The largest absolute Gasteiger partial charge is 0.375 e. The number of aryl methyl sites for hydroxylation is 2. The molecule has 2 aromatic carbocycles. The summed E-state index contributed by atoms with van der Waals surface area (Å²) in [5.74, 6) is 0.781. The Kier molecular flexibility index (Phi) is 6.74. The number of nitrogens with zero attached hydrogens (tertiary/aromatic N) is 3. The second kappa shape index (κ2) is 10.3. The predicted octanol–water partition coefficient (Wildman–Crippen LogP) is 4.99. The lowest BCUT2D eigenvalue weighted by atomic mass is 10.2. The van der Waals surface area contributed by atoms with Gasteiger partial charge < -0.3 is 4.74 Å². The van der Waals surface area contributed by atoms with Crippen LogP contribution in [0.3, 0.4) is 0 Å². The summed E-state index contributed by atoms with van der Waals surface area (Å²) in [5, 5.41) is 1.65. The highest BCUT2D eigenvalue weighted by atomic mass is 32.2. The van der Waals surface area contributed by atoms with Crippen molar-refractivity contribution in [3.05, 3.63) is 92.6 Å². The lowest BCUT2D eigenvalue weighted by Gasteiger charge is -2.32. The molecule has 1 saturated heterocycles. The predicted molar refractivity (Wildman–Crippen MR) is 144 cm³/mol. The van der Waals surface area contributed by atoms with E-state index in [1.807, 2.05) is 22.8 Å². The average Bonchev–Trinajstić information content (AvgIpc) is 3.47. The molecule has 2 aromatic heterocycles. The summed E-state index contributed by atoms with van der Waals surface area (Å²) >= 11 is 3.37. The van der Waals surface area contributed by atoms with Crippen LogP contribution in [0.5, 0.6) is 0 Å². The Morgan fingerprint density at radius 2 is 1.74 bits per heavy atom. The van der Waals surface area contributed by atoms with Crippen LogP contribution in [0.4, 0.5) is 0 Å². The highest BCUT2D eigenvalue weighted by Gasteiger charge is 2.25. The van der Waals surface area contributed by atoms with E-state index in [0.717, 1.165) is 72.2 Å². The van der Waals surface area contributed by atoms with Gasteiger partial charge in [-0.3, -0.25) is 14.3 Å². The van der Waals surface area contributed by atoms with Gasteiger partial charge in [0.05, 0.1) is 24.6 Å². The first-order valence-electron chi connectivity index (χ1n) is 12.3. The molecular weight excluding hydrogens is 474 g/mol. The maximum Gasteiger partial charge on any atom is 0.263 e. The zero-order chi connectivity index (χ0) is 23.6. The van der Waals surface area contributed by atoms with E-state index in [1.54, 1.807) is 23.1 Å². The molecule has 4 aromatic rings. The van der Waals surface area contributed by atoms with Crippen molar-refractivity contribution in [1.29, 1.82) is 0 Å². The Morgan fingerprint density at radius 3 is 2.51 bits per heavy atom. The number of benzene rings is 2. The molecule has 180 valence electrons. The molecule has 1 fully saturated rings. The normalized spacial score (nSPS) is 18.2. The molecule has 5 nitrogen and oxygen atoms in total. The summed E-state index contributed by atoms with van der Waals surface area (Å²) in [4.78, 5) is 23.5. The van der Waals surface area contributed by atoms with Crippen molar-refractivity contribution < 1.29 is 4.74 Å². The van der Waals surface area contributed by atoms with Crippen molar-refractivity contribution >= 4 is 33.3 Å². The van der Waals surface area contributed by atoms with Gasteiger partial charge >= 0.3 is 0 Å². The molecule has 35 heavy (non-hydrogen) atoms. The fourth-order valence-electron chi connectivity index (χ4n) is 5.11. The van der Waals surface area contributed by atoms with Gasteiger partial charge in [0.25, 0.3) is 5.56 Å². The van der Waals surface area contributed by atoms with Gasteiger partial charge in [0.2, 0.25) is 0 Å². The summed E-state index contributed by atoms with van der Waals surface area (Å²) in [6.45, 7) is 4.05. The number of ether oxygens (including phenoxy) is 1. The van der Waals surface area contributed by atoms with Gasteiger partial charge in [-0.2, -0.15) is 0 Å². The van der Waals surface area contributed by atoms with Gasteiger partial charge in [-0.15, -0.1) is 11.3 Å². The topological polar surface area (TPSA) is 47.4 Å². The standard InChI is InChI=1S/C28H29N3O2S2/c32-27-25-23-12-7-13-24(23)35-26(25)29-28(31(27)17-21-10-5-2-6-11-21)34-19-22-18-30(14-15-33-22)16-20-8-3-1-4-9-20/h1-6,8-11,22H,7,12-19H2/t22-/m1/s1. The smallest absolute Gasteiger partial charge is 0.263 e. The van der Waals surface area contributed by atoms with E-state index >= 15 is 0 Å². The van der Waals surface area contributed by atoms with Crippen molar-refractivity contribution in [2.45, 2.75) is 43.6 Å². The Bertz CT molecular complexity index is 1370. The summed E-state index contributed by atoms with van der Waals surface area (Å²) in [6.07, 6.45) is 3.33. The van der Waals surface area contributed by atoms with E-state index in [-0.39, 0.29) is 11.7 Å². The van der Waals surface area contributed by atoms with Crippen LogP contribution in [0.15, 0.2) is 70.6 Å². The third-order valence-electron chi connectivity index (χ3n) is 6.84. The lowest BCUT2D eigenvalue weighted by Crippen LogP contribution is -2.43. The van der Waals surface area contributed by atoms with E-state index in [9.17, 15) is 4.79 Å². The molecule has 0 unspecified atom stereocenters. The number of fused-ring (bicyclic) bond motifs is 3. The number of aromatic nitrogens is 2. The highest BCUT2D eigenvalue weighted by Crippen LogP contribution is 2.36. The van der Waals surface area contributed by atoms with Crippen molar-refractivity contribution in [2.24, 2.45) is 0 Å². The lowest BCUT2D eigenvalue weighted by molar-refractivity contribution is -0.0187. The van der Waals surface area contributed by atoms with Crippen LogP contribution in [0.1, 0.15) is 28.0 Å². The van der Waals surface area contributed by atoms with Crippen molar-refractivity contribution in [3.8, 4) is 0 Å². The first kappa shape index (κ1) is 23.0. The van der Waals surface area contributed by atoms with Crippen LogP contribution in [-0.2, 0) is 30.7 Å². The second-order valence-corrected chi connectivity index (χ2v) is 11.4. The minimum Gasteiger partial charge on any atom is -0.375 e. The number of rotatable bonds is 7. The van der Waals surface area contributed by atoms with Crippen LogP contribution in [-0.4, -0.2) is 46.0 Å². The zero-order valence-corrected chi connectivity index (χ0v) is 21.3. The Hall–Kier alpha value is -2.45. The van der Waals surface area contributed by atoms with Gasteiger partial charge in [0.15, 0.2) is 5.16 Å². The molecule has 0 amide bonds. The summed E-state index contributed by atoms with van der Waals surface area (Å²) < 4.78 is 8.01. The van der Waals surface area contributed by atoms with Gasteiger partial charge in [-0.25, -0.2) is 4.98 Å². The molecule has 0 saturated carbocycles. The van der Waals surface area contributed by atoms with Crippen LogP contribution < -0.4 is 5.56 Å². The van der Waals surface area contributed by atoms with E-state index in [0.29, 0.717) is 6.54 Å². The number of hydrogen-bond donors (Lipinski definition) is 0. The first-order valence-corrected chi connectivity index (χ1v) is 14.1. The molecule has 6 rings (SSSR count). The van der Waals surface area contributed by atoms with Crippen LogP contribution in [0.2, 0.25) is 0 Å². The monoisotopic (exact) mass is 503 g/mol. The zero-order valence-electron chi connectivity index (χ0n) is 19.7. The number of morpholine rings is 1. The molecule has 1 atom stereocenters. The Labute approximate surface area is 213 Å². The van der Waals surface area contributed by atoms with Crippen LogP contribution >= 0.6 is 23.1 Å². The van der Waals surface area contributed by atoms with Gasteiger partial charge in [0, 0.05) is 30.3 Å². The molecule has 7 heteroatoms. The van der Waals surface area contributed by atoms with Crippen LogP contribution in [0.25, 0.3) is 10.2 Å². The third kappa shape index (κ3) is 4.96. The maximum absolute atomic E-state index is 13.8. The van der Waals surface area contributed by atoms with E-state index in [4.69, 9.17) is 9.72 Å². The fourth-order valence-corrected chi connectivity index (χ4v) is 7.41. The maximum atomic E-state index is 13.8. The average molecular weight is 504 g/mol. The summed E-state index contributed by atoms with van der Waals surface area (Å²) in [6, 6.07) is 20.8.